The summed E-state index contributed by atoms with van der Waals surface area (Å²) in [6.45, 7) is 31.1. The first kappa shape index (κ1) is 22.7. The van der Waals surface area contributed by atoms with Crippen LogP contribution in [0.25, 0.3) is 0 Å². The summed E-state index contributed by atoms with van der Waals surface area (Å²) in [4.78, 5) is 0. The smallest absolute Gasteiger partial charge is 0.0147 e. The first-order chi connectivity index (χ1) is 10.4. The molecule has 5 unspecified atom stereocenters. The Hall–Kier alpha value is -0.260. The first-order valence-corrected chi connectivity index (χ1v) is 10.1. The van der Waals surface area contributed by atoms with Gasteiger partial charge in [0.05, 0.1) is 0 Å². The molecule has 0 rings (SSSR count). The van der Waals surface area contributed by atoms with Gasteiger partial charge in [0.1, 0.15) is 0 Å². The Morgan fingerprint density at radius 2 is 1.22 bits per heavy atom. The summed E-state index contributed by atoms with van der Waals surface area (Å²) in [6.07, 6.45) is 3.71. The van der Waals surface area contributed by atoms with Gasteiger partial charge in [-0.25, -0.2) is 0 Å². The Morgan fingerprint density at radius 3 is 1.52 bits per heavy atom. The molecule has 0 aliphatic rings. The monoisotopic (exact) mass is 322 g/mol. The van der Waals surface area contributed by atoms with Crippen molar-refractivity contribution in [3.8, 4) is 0 Å². The molecule has 0 saturated carbocycles. The molecule has 0 aromatic carbocycles. The van der Waals surface area contributed by atoms with Gasteiger partial charge in [0.15, 0.2) is 0 Å². The van der Waals surface area contributed by atoms with Gasteiger partial charge in [-0.3, -0.25) is 0 Å². The van der Waals surface area contributed by atoms with Crippen LogP contribution in [0, 0.1) is 40.4 Å². The molecule has 0 N–H and O–H groups in total. The molecule has 0 spiro atoms. The van der Waals surface area contributed by atoms with Crippen molar-refractivity contribution in [2.75, 3.05) is 0 Å². The Labute approximate surface area is 148 Å². The van der Waals surface area contributed by atoms with Crippen molar-refractivity contribution in [1.82, 2.24) is 0 Å². The molecule has 0 aromatic rings. The normalized spacial score (nSPS) is 21.9. The molecule has 0 bridgehead atoms. The van der Waals surface area contributed by atoms with Gasteiger partial charge in [0, 0.05) is 0 Å². The summed E-state index contributed by atoms with van der Waals surface area (Å²) >= 11 is 0. The molecular formula is C23H46. The van der Waals surface area contributed by atoms with Crippen LogP contribution in [0.4, 0.5) is 0 Å². The number of hydrogen-bond acceptors (Lipinski definition) is 0. The van der Waals surface area contributed by atoms with E-state index in [1.165, 1.54) is 24.8 Å². The van der Waals surface area contributed by atoms with Crippen molar-refractivity contribution in [1.29, 1.82) is 0 Å². The zero-order chi connectivity index (χ0) is 18.6. The van der Waals surface area contributed by atoms with Crippen molar-refractivity contribution in [3.63, 3.8) is 0 Å². The van der Waals surface area contributed by atoms with Crippen LogP contribution in [0.3, 0.4) is 0 Å². The van der Waals surface area contributed by atoms with Gasteiger partial charge in [-0.05, 0) is 46.8 Å². The fraction of sp³-hybridized carbons (Fsp3) is 0.913. The zero-order valence-electron chi connectivity index (χ0n) is 18.2. The number of hydrogen-bond donors (Lipinski definition) is 0. The van der Waals surface area contributed by atoms with E-state index in [1.807, 2.05) is 0 Å². The van der Waals surface area contributed by atoms with Crippen molar-refractivity contribution < 1.29 is 0 Å². The highest BCUT2D eigenvalue weighted by atomic mass is 14.5. The predicted molar refractivity (Wildman–Crippen MR) is 108 cm³/mol. The van der Waals surface area contributed by atoms with Crippen LogP contribution in [-0.4, -0.2) is 0 Å². The minimum atomic E-state index is 0.247. The maximum Gasteiger partial charge on any atom is -0.0147 e. The molecule has 0 aliphatic carbocycles. The number of rotatable bonds is 10. The van der Waals surface area contributed by atoms with Crippen LogP contribution in [-0.2, 0) is 0 Å². The SMILES string of the molecule is C=C(C(C)C(C)C(C)C(C)(C(C)CC)C(C)CC)C(C)(C)CC. The van der Waals surface area contributed by atoms with Crippen LogP contribution in [0.1, 0.15) is 95.4 Å². The summed E-state index contributed by atoms with van der Waals surface area (Å²) in [6, 6.07) is 0. The lowest BCUT2D eigenvalue weighted by molar-refractivity contribution is 0.000885. The molecular weight excluding hydrogens is 276 g/mol. The van der Waals surface area contributed by atoms with Crippen molar-refractivity contribution in [2.45, 2.75) is 95.4 Å². The van der Waals surface area contributed by atoms with Gasteiger partial charge in [-0.1, -0.05) is 101 Å². The highest BCUT2D eigenvalue weighted by molar-refractivity contribution is 5.12. The fourth-order valence-corrected chi connectivity index (χ4v) is 4.42. The van der Waals surface area contributed by atoms with E-state index in [0.717, 1.165) is 11.8 Å². The van der Waals surface area contributed by atoms with Gasteiger partial charge in [0.2, 0.25) is 0 Å². The second-order valence-corrected chi connectivity index (χ2v) is 9.18. The van der Waals surface area contributed by atoms with E-state index in [1.54, 1.807) is 0 Å². The highest BCUT2D eigenvalue weighted by Crippen LogP contribution is 2.51. The minimum Gasteiger partial charge on any atom is -0.0990 e. The molecule has 23 heavy (non-hydrogen) atoms. The maximum atomic E-state index is 4.51. The van der Waals surface area contributed by atoms with E-state index in [4.69, 9.17) is 0 Å². The quantitative estimate of drug-likeness (QED) is 0.357. The molecule has 0 fully saturated rings. The summed E-state index contributed by atoms with van der Waals surface area (Å²) < 4.78 is 0. The van der Waals surface area contributed by atoms with Crippen molar-refractivity contribution in [3.05, 3.63) is 12.2 Å². The molecule has 0 nitrogen and oxygen atoms in total. The van der Waals surface area contributed by atoms with Gasteiger partial charge < -0.3 is 0 Å². The lowest BCUT2D eigenvalue weighted by Gasteiger charge is -2.50. The van der Waals surface area contributed by atoms with Crippen LogP contribution >= 0.6 is 0 Å². The fourth-order valence-electron chi connectivity index (χ4n) is 4.42. The van der Waals surface area contributed by atoms with Crippen LogP contribution < -0.4 is 0 Å². The average Bonchev–Trinajstić information content (AvgIpc) is 2.56. The molecule has 0 amide bonds. The Morgan fingerprint density at radius 1 is 0.826 bits per heavy atom. The van der Waals surface area contributed by atoms with Crippen LogP contribution in [0.15, 0.2) is 12.2 Å². The largest absolute Gasteiger partial charge is 0.0990 e. The van der Waals surface area contributed by atoms with E-state index in [-0.39, 0.29) is 5.41 Å². The summed E-state index contributed by atoms with van der Waals surface area (Å²) in [5.74, 6) is 3.46. The molecule has 0 aliphatic heterocycles. The van der Waals surface area contributed by atoms with Gasteiger partial charge in [0.25, 0.3) is 0 Å². The van der Waals surface area contributed by atoms with Crippen LogP contribution in [0.5, 0.6) is 0 Å². The van der Waals surface area contributed by atoms with E-state index < -0.39 is 0 Å². The topological polar surface area (TPSA) is 0 Å². The molecule has 0 aromatic heterocycles. The van der Waals surface area contributed by atoms with E-state index in [2.05, 4.69) is 82.7 Å². The lowest BCUT2D eigenvalue weighted by Crippen LogP contribution is -2.43. The third-order valence-electron chi connectivity index (χ3n) is 8.21. The second kappa shape index (κ2) is 8.72. The predicted octanol–water partition coefficient (Wildman–Crippen LogP) is 7.99. The van der Waals surface area contributed by atoms with Crippen LogP contribution in [0.2, 0.25) is 0 Å². The Kier molecular flexibility index (Phi) is 8.63. The van der Waals surface area contributed by atoms with E-state index >= 15 is 0 Å². The van der Waals surface area contributed by atoms with Crippen molar-refractivity contribution in [2.24, 2.45) is 40.4 Å². The Bertz CT molecular complexity index is 352. The second-order valence-electron chi connectivity index (χ2n) is 9.18. The van der Waals surface area contributed by atoms with E-state index in [9.17, 15) is 0 Å². The summed E-state index contributed by atoms with van der Waals surface area (Å²) in [7, 11) is 0. The standard InChI is InChI=1S/C23H46/c1-13-16(4)23(12,17(5)14-2)21(9)19(7)18(6)20(8)22(10,11)15-3/h16-19,21H,8,13-15H2,1-7,9-12H3. The van der Waals surface area contributed by atoms with Crippen molar-refractivity contribution >= 4 is 0 Å². The highest BCUT2D eigenvalue weighted by Gasteiger charge is 2.43. The molecule has 0 heterocycles. The lowest BCUT2D eigenvalue weighted by atomic mass is 9.55. The average molecular weight is 323 g/mol. The minimum absolute atomic E-state index is 0.247. The molecule has 0 heteroatoms. The molecule has 138 valence electrons. The van der Waals surface area contributed by atoms with Gasteiger partial charge in [-0.15, -0.1) is 0 Å². The van der Waals surface area contributed by atoms with Gasteiger partial charge in [-0.2, -0.15) is 0 Å². The number of allylic oxidation sites excluding steroid dienone is 1. The molecule has 0 radical (unpaired) electrons. The van der Waals surface area contributed by atoms with E-state index in [0.29, 0.717) is 23.2 Å². The summed E-state index contributed by atoms with van der Waals surface area (Å²) in [5, 5.41) is 0. The van der Waals surface area contributed by atoms with Gasteiger partial charge >= 0.3 is 0 Å². The third kappa shape index (κ3) is 4.64. The maximum absolute atomic E-state index is 4.51. The zero-order valence-corrected chi connectivity index (χ0v) is 18.2. The summed E-state index contributed by atoms with van der Waals surface area (Å²) in [5.41, 5.74) is 2.08. The Balaban J connectivity index is 5.52. The first-order valence-electron chi connectivity index (χ1n) is 10.1. The molecule has 0 saturated heterocycles. The third-order valence-corrected chi connectivity index (χ3v) is 8.21. The molecule has 5 atom stereocenters.